The second kappa shape index (κ2) is 5.53. The summed E-state index contributed by atoms with van der Waals surface area (Å²) in [5.74, 6) is 5.53. The zero-order valence-electron chi connectivity index (χ0n) is 9.89. The van der Waals surface area contributed by atoms with Gasteiger partial charge in [0.2, 0.25) is 10.0 Å². The van der Waals surface area contributed by atoms with Crippen molar-refractivity contribution >= 4 is 10.0 Å². The number of hydrogen-bond donors (Lipinski definition) is 2. The van der Waals surface area contributed by atoms with E-state index in [4.69, 9.17) is 5.11 Å². The molecule has 96 valence electrons. The van der Waals surface area contributed by atoms with Crippen molar-refractivity contribution in [2.75, 3.05) is 6.61 Å². The van der Waals surface area contributed by atoms with Crippen molar-refractivity contribution in [1.29, 1.82) is 0 Å². The zero-order chi connectivity index (χ0) is 13.0. The summed E-state index contributed by atoms with van der Waals surface area (Å²) in [6, 6.07) is 6.73. The Bertz CT molecular complexity index is 580. The quantitative estimate of drug-likeness (QED) is 0.794. The van der Waals surface area contributed by atoms with Crippen LogP contribution in [0.2, 0.25) is 0 Å². The van der Waals surface area contributed by atoms with E-state index < -0.39 is 10.0 Å². The molecule has 1 aromatic carbocycles. The zero-order valence-corrected chi connectivity index (χ0v) is 10.7. The van der Waals surface area contributed by atoms with Gasteiger partial charge in [-0.05, 0) is 25.0 Å². The van der Waals surface area contributed by atoms with E-state index in [2.05, 4.69) is 16.6 Å². The van der Waals surface area contributed by atoms with Crippen LogP contribution in [0.4, 0.5) is 0 Å². The van der Waals surface area contributed by atoms with Gasteiger partial charge in [-0.25, -0.2) is 13.1 Å². The Morgan fingerprint density at radius 1 is 1.33 bits per heavy atom. The van der Waals surface area contributed by atoms with Crippen molar-refractivity contribution < 1.29 is 13.5 Å². The fourth-order valence-corrected chi connectivity index (χ4v) is 2.97. The molecule has 5 heteroatoms. The van der Waals surface area contributed by atoms with Crippen molar-refractivity contribution in [2.45, 2.75) is 30.2 Å². The number of aliphatic hydroxyl groups is 1. The van der Waals surface area contributed by atoms with Gasteiger partial charge in [0.05, 0.1) is 11.5 Å². The third-order valence-corrected chi connectivity index (χ3v) is 4.11. The van der Waals surface area contributed by atoms with E-state index in [1.54, 1.807) is 24.3 Å². The molecule has 0 amide bonds. The number of aliphatic hydroxyl groups excluding tert-OH is 1. The average Bonchev–Trinajstić information content (AvgIpc) is 3.13. The van der Waals surface area contributed by atoms with Crippen molar-refractivity contribution in [3.63, 3.8) is 0 Å². The van der Waals surface area contributed by atoms with E-state index in [0.717, 1.165) is 12.8 Å². The fraction of sp³-hybridized carbons (Fsp3) is 0.385. The lowest BCUT2D eigenvalue weighted by atomic mass is 10.2. The van der Waals surface area contributed by atoms with Crippen molar-refractivity contribution in [1.82, 2.24) is 4.72 Å². The Morgan fingerprint density at radius 3 is 2.72 bits per heavy atom. The summed E-state index contributed by atoms with van der Waals surface area (Å²) in [6.07, 6.45) is 2.14. The molecule has 0 spiro atoms. The first kappa shape index (κ1) is 13.1. The van der Waals surface area contributed by atoms with Crippen LogP contribution >= 0.6 is 0 Å². The fourth-order valence-electron chi connectivity index (χ4n) is 1.50. The summed E-state index contributed by atoms with van der Waals surface area (Å²) < 4.78 is 26.8. The predicted octanol–water partition coefficient (Wildman–Crippen LogP) is 0.861. The molecule has 0 atom stereocenters. The summed E-state index contributed by atoms with van der Waals surface area (Å²) in [5, 5.41) is 8.67. The number of rotatable bonds is 4. The smallest absolute Gasteiger partial charge is 0.242 e. The third-order valence-electron chi connectivity index (χ3n) is 2.54. The van der Waals surface area contributed by atoms with Gasteiger partial charge in [0.1, 0.15) is 0 Å². The van der Waals surface area contributed by atoms with Crippen LogP contribution in [-0.4, -0.2) is 26.2 Å². The van der Waals surface area contributed by atoms with Crippen LogP contribution in [0.3, 0.4) is 0 Å². The minimum atomic E-state index is -3.48. The van der Waals surface area contributed by atoms with Crippen LogP contribution in [0.15, 0.2) is 29.2 Å². The normalized spacial score (nSPS) is 14.9. The molecule has 0 saturated heterocycles. The van der Waals surface area contributed by atoms with E-state index >= 15 is 0 Å². The highest BCUT2D eigenvalue weighted by Crippen LogP contribution is 2.23. The van der Waals surface area contributed by atoms with Gasteiger partial charge < -0.3 is 5.11 Å². The minimum absolute atomic E-state index is 0.0256. The first-order chi connectivity index (χ1) is 8.63. The SMILES string of the molecule is O=S(=O)(NC1CC1)c1ccccc1C#CCCO. The lowest BCUT2D eigenvalue weighted by Gasteiger charge is -2.07. The summed E-state index contributed by atoms with van der Waals surface area (Å²) in [4.78, 5) is 0.210. The minimum Gasteiger partial charge on any atom is -0.395 e. The second-order valence-corrected chi connectivity index (χ2v) is 5.85. The lowest BCUT2D eigenvalue weighted by molar-refractivity contribution is 0.305. The molecular weight excluding hydrogens is 250 g/mol. The van der Waals surface area contributed by atoms with Gasteiger partial charge in [0.15, 0.2) is 0 Å². The maximum atomic E-state index is 12.1. The number of hydrogen-bond acceptors (Lipinski definition) is 3. The van der Waals surface area contributed by atoms with Crippen LogP contribution in [0.5, 0.6) is 0 Å². The number of benzene rings is 1. The molecule has 1 fully saturated rings. The second-order valence-electron chi connectivity index (χ2n) is 4.17. The summed E-state index contributed by atoms with van der Waals surface area (Å²) in [7, 11) is -3.48. The standard InChI is InChI=1S/C13H15NO3S/c15-10-4-3-6-11-5-1-2-7-13(11)18(16,17)14-12-8-9-12/h1-2,5,7,12,14-15H,4,8-10H2. The molecule has 1 aliphatic rings. The third kappa shape index (κ3) is 3.33. The van der Waals surface area contributed by atoms with Crippen LogP contribution in [0, 0.1) is 11.8 Å². The molecular formula is C13H15NO3S. The summed E-state index contributed by atoms with van der Waals surface area (Å²) in [5.41, 5.74) is 0.471. The van der Waals surface area contributed by atoms with Crippen molar-refractivity contribution in [3.05, 3.63) is 29.8 Å². The average molecular weight is 265 g/mol. The summed E-state index contributed by atoms with van der Waals surface area (Å²) in [6.45, 7) is -0.0256. The highest BCUT2D eigenvalue weighted by Gasteiger charge is 2.28. The maximum Gasteiger partial charge on any atom is 0.242 e. The Hall–Kier alpha value is -1.35. The van der Waals surface area contributed by atoms with Gasteiger partial charge in [0, 0.05) is 18.0 Å². The lowest BCUT2D eigenvalue weighted by Crippen LogP contribution is -2.26. The van der Waals surface area contributed by atoms with Gasteiger partial charge in [-0.15, -0.1) is 0 Å². The van der Waals surface area contributed by atoms with Gasteiger partial charge >= 0.3 is 0 Å². The Labute approximate surface area is 107 Å². The summed E-state index contributed by atoms with van der Waals surface area (Å²) >= 11 is 0. The van der Waals surface area contributed by atoms with Crippen LogP contribution < -0.4 is 4.72 Å². The number of nitrogens with one attached hydrogen (secondary N) is 1. The number of sulfonamides is 1. The molecule has 2 rings (SSSR count). The topological polar surface area (TPSA) is 66.4 Å². The van der Waals surface area contributed by atoms with Gasteiger partial charge in [-0.1, -0.05) is 24.0 Å². The first-order valence-electron chi connectivity index (χ1n) is 5.84. The van der Waals surface area contributed by atoms with E-state index in [-0.39, 0.29) is 17.5 Å². The molecule has 0 heterocycles. The van der Waals surface area contributed by atoms with Gasteiger partial charge in [-0.2, -0.15) is 0 Å². The molecule has 0 aliphatic heterocycles. The molecule has 0 radical (unpaired) electrons. The van der Waals surface area contributed by atoms with Gasteiger partial charge in [-0.3, -0.25) is 0 Å². The van der Waals surface area contributed by atoms with Crippen LogP contribution in [-0.2, 0) is 10.0 Å². The Kier molecular flexibility index (Phi) is 4.02. The Balaban J connectivity index is 2.29. The van der Waals surface area contributed by atoms with Crippen LogP contribution in [0.1, 0.15) is 24.8 Å². The van der Waals surface area contributed by atoms with E-state index in [0.29, 0.717) is 12.0 Å². The van der Waals surface area contributed by atoms with E-state index in [1.165, 1.54) is 0 Å². The maximum absolute atomic E-state index is 12.1. The highest BCUT2D eigenvalue weighted by molar-refractivity contribution is 7.89. The molecule has 2 N–H and O–H groups in total. The van der Waals surface area contributed by atoms with Crippen LogP contribution in [0.25, 0.3) is 0 Å². The molecule has 1 aliphatic carbocycles. The molecule has 0 aromatic heterocycles. The molecule has 4 nitrogen and oxygen atoms in total. The predicted molar refractivity (Wildman–Crippen MR) is 68.4 cm³/mol. The van der Waals surface area contributed by atoms with E-state index in [9.17, 15) is 8.42 Å². The molecule has 18 heavy (non-hydrogen) atoms. The molecule has 1 aromatic rings. The largest absolute Gasteiger partial charge is 0.395 e. The molecule has 0 bridgehead atoms. The molecule has 0 unspecified atom stereocenters. The monoisotopic (exact) mass is 265 g/mol. The Morgan fingerprint density at radius 2 is 2.06 bits per heavy atom. The highest BCUT2D eigenvalue weighted by atomic mass is 32.2. The van der Waals surface area contributed by atoms with Crippen molar-refractivity contribution in [2.24, 2.45) is 0 Å². The molecule has 1 saturated carbocycles. The van der Waals surface area contributed by atoms with E-state index in [1.807, 2.05) is 0 Å². The van der Waals surface area contributed by atoms with Crippen molar-refractivity contribution in [3.8, 4) is 11.8 Å². The first-order valence-corrected chi connectivity index (χ1v) is 7.33. The van der Waals surface area contributed by atoms with Gasteiger partial charge in [0.25, 0.3) is 0 Å².